The van der Waals surface area contributed by atoms with Crippen LogP contribution in [-0.4, -0.2) is 20.7 Å². The van der Waals surface area contributed by atoms with E-state index in [4.69, 9.17) is 9.52 Å². The van der Waals surface area contributed by atoms with E-state index >= 15 is 0 Å². The molecule has 0 unspecified atom stereocenters. The van der Waals surface area contributed by atoms with Crippen molar-refractivity contribution in [3.63, 3.8) is 0 Å². The van der Waals surface area contributed by atoms with Crippen LogP contribution >= 0.6 is 0 Å². The number of benzene rings is 2. The average molecular weight is 311 g/mol. The number of aliphatic carboxylic acids is 1. The average Bonchev–Trinajstić information content (AvgIpc) is 2.81. The Kier molecular flexibility index (Phi) is 3.72. The summed E-state index contributed by atoms with van der Waals surface area (Å²) in [6.07, 6.45) is 3.69. The van der Waals surface area contributed by atoms with Gasteiger partial charge in [-0.15, -0.1) is 0 Å². The highest BCUT2D eigenvalue weighted by Gasteiger charge is 2.11. The first-order chi connectivity index (χ1) is 11.0. The standard InChI is InChI=1S/C17H13NO5/c19-13-6-3-11(4-7-13)1-2-12-5-8-14-15(9-12)23-17(22)18(14)10-16(20)21/h1-9,19H,10H2,(H,20,21)/b2-1+. The molecule has 3 aromatic rings. The van der Waals surface area contributed by atoms with Crippen LogP contribution < -0.4 is 5.76 Å². The number of phenols is 1. The van der Waals surface area contributed by atoms with E-state index in [2.05, 4.69) is 0 Å². The van der Waals surface area contributed by atoms with Crippen molar-refractivity contribution in [2.75, 3.05) is 0 Å². The van der Waals surface area contributed by atoms with Crippen LogP contribution in [-0.2, 0) is 11.3 Å². The highest BCUT2D eigenvalue weighted by molar-refractivity contribution is 5.80. The normalized spacial score (nSPS) is 11.3. The molecule has 0 saturated heterocycles. The Morgan fingerprint density at radius 3 is 2.43 bits per heavy atom. The van der Waals surface area contributed by atoms with Gasteiger partial charge in [-0.1, -0.05) is 30.4 Å². The van der Waals surface area contributed by atoms with Gasteiger partial charge in [0.15, 0.2) is 5.58 Å². The molecule has 1 heterocycles. The first kappa shape index (κ1) is 14.6. The summed E-state index contributed by atoms with van der Waals surface area (Å²) < 4.78 is 6.16. The number of hydrogen-bond acceptors (Lipinski definition) is 4. The Morgan fingerprint density at radius 2 is 1.74 bits per heavy atom. The minimum atomic E-state index is -1.11. The molecule has 0 radical (unpaired) electrons. The summed E-state index contributed by atoms with van der Waals surface area (Å²) in [5.74, 6) is -1.60. The summed E-state index contributed by atoms with van der Waals surface area (Å²) in [4.78, 5) is 22.5. The minimum absolute atomic E-state index is 0.199. The van der Waals surface area contributed by atoms with E-state index in [9.17, 15) is 14.7 Å². The van der Waals surface area contributed by atoms with E-state index in [0.29, 0.717) is 11.1 Å². The minimum Gasteiger partial charge on any atom is -0.508 e. The van der Waals surface area contributed by atoms with Crippen molar-refractivity contribution in [3.8, 4) is 5.75 Å². The highest BCUT2D eigenvalue weighted by atomic mass is 16.4. The van der Waals surface area contributed by atoms with E-state index < -0.39 is 18.3 Å². The van der Waals surface area contributed by atoms with Gasteiger partial charge in [-0.3, -0.25) is 9.36 Å². The summed E-state index contributed by atoms with van der Waals surface area (Å²) in [6.45, 7) is -0.436. The molecule has 116 valence electrons. The zero-order valence-corrected chi connectivity index (χ0v) is 12.0. The first-order valence-electron chi connectivity index (χ1n) is 6.85. The fourth-order valence-corrected chi connectivity index (χ4v) is 2.25. The van der Waals surface area contributed by atoms with Crippen LogP contribution in [0.3, 0.4) is 0 Å². The van der Waals surface area contributed by atoms with E-state index in [1.165, 1.54) is 0 Å². The Bertz CT molecular complexity index is 947. The molecule has 0 aliphatic carbocycles. The second kappa shape index (κ2) is 5.84. The maximum Gasteiger partial charge on any atom is 0.420 e. The van der Waals surface area contributed by atoms with Crippen LogP contribution in [0.4, 0.5) is 0 Å². The zero-order chi connectivity index (χ0) is 16.4. The number of carboxylic acids is 1. The molecule has 0 aliphatic heterocycles. The molecule has 3 rings (SSSR count). The molecule has 2 N–H and O–H groups in total. The van der Waals surface area contributed by atoms with Crippen molar-refractivity contribution in [1.29, 1.82) is 0 Å². The number of aromatic hydroxyl groups is 1. The van der Waals surface area contributed by atoms with Crippen LogP contribution in [0.25, 0.3) is 23.3 Å². The number of oxazole rings is 1. The third-order valence-corrected chi connectivity index (χ3v) is 3.35. The van der Waals surface area contributed by atoms with Gasteiger partial charge in [-0.2, -0.15) is 0 Å². The lowest BCUT2D eigenvalue weighted by atomic mass is 10.1. The number of carbonyl (C=O) groups is 1. The molecule has 23 heavy (non-hydrogen) atoms. The Morgan fingerprint density at radius 1 is 1.09 bits per heavy atom. The molecule has 0 atom stereocenters. The van der Waals surface area contributed by atoms with Gasteiger partial charge in [-0.25, -0.2) is 4.79 Å². The number of carboxylic acid groups (broad SMARTS) is 1. The highest BCUT2D eigenvalue weighted by Crippen LogP contribution is 2.18. The van der Waals surface area contributed by atoms with Gasteiger partial charge >= 0.3 is 11.7 Å². The van der Waals surface area contributed by atoms with Crippen molar-refractivity contribution in [1.82, 2.24) is 4.57 Å². The van der Waals surface area contributed by atoms with Crippen LogP contribution in [0.15, 0.2) is 51.7 Å². The summed E-state index contributed by atoms with van der Waals surface area (Å²) in [7, 11) is 0. The first-order valence-corrected chi connectivity index (χ1v) is 6.85. The van der Waals surface area contributed by atoms with Crippen LogP contribution in [0, 0.1) is 0 Å². The van der Waals surface area contributed by atoms with Crippen LogP contribution in [0.2, 0.25) is 0 Å². The lowest BCUT2D eigenvalue weighted by Crippen LogP contribution is -2.19. The lowest BCUT2D eigenvalue weighted by Gasteiger charge is -1.98. The van der Waals surface area contributed by atoms with Crippen LogP contribution in [0.5, 0.6) is 5.75 Å². The SMILES string of the molecule is O=C(O)Cn1c(=O)oc2cc(/C=C/c3ccc(O)cc3)ccc21. The van der Waals surface area contributed by atoms with Gasteiger partial charge in [0.05, 0.1) is 5.52 Å². The van der Waals surface area contributed by atoms with Crippen molar-refractivity contribution in [2.24, 2.45) is 0 Å². The fraction of sp³-hybridized carbons (Fsp3) is 0.0588. The molecule has 0 saturated carbocycles. The molecule has 0 amide bonds. The van der Waals surface area contributed by atoms with Gasteiger partial charge < -0.3 is 14.6 Å². The third-order valence-electron chi connectivity index (χ3n) is 3.35. The molecule has 2 aromatic carbocycles. The second-order valence-electron chi connectivity index (χ2n) is 5.00. The van der Waals surface area contributed by atoms with E-state index in [1.54, 1.807) is 42.5 Å². The summed E-state index contributed by atoms with van der Waals surface area (Å²) in [5, 5.41) is 18.1. The van der Waals surface area contributed by atoms with E-state index in [-0.39, 0.29) is 5.75 Å². The maximum absolute atomic E-state index is 11.7. The molecular formula is C17H13NO5. The number of hydrogen-bond donors (Lipinski definition) is 2. The fourth-order valence-electron chi connectivity index (χ4n) is 2.25. The summed E-state index contributed by atoms with van der Waals surface area (Å²) in [6, 6.07) is 11.8. The monoisotopic (exact) mass is 311 g/mol. The molecule has 6 heteroatoms. The molecule has 0 spiro atoms. The Balaban J connectivity index is 1.93. The van der Waals surface area contributed by atoms with E-state index in [1.807, 2.05) is 12.2 Å². The topological polar surface area (TPSA) is 92.7 Å². The third kappa shape index (κ3) is 3.16. The molecular weight excluding hydrogens is 298 g/mol. The smallest absolute Gasteiger partial charge is 0.420 e. The van der Waals surface area contributed by atoms with Gasteiger partial charge in [0.2, 0.25) is 0 Å². The predicted molar refractivity (Wildman–Crippen MR) is 85.1 cm³/mol. The molecule has 1 aromatic heterocycles. The summed E-state index contributed by atoms with van der Waals surface area (Å²) >= 11 is 0. The van der Waals surface area contributed by atoms with Crippen molar-refractivity contribution < 1.29 is 19.4 Å². The van der Waals surface area contributed by atoms with Gasteiger partial charge in [0.25, 0.3) is 0 Å². The molecule has 0 aliphatic rings. The number of nitrogens with zero attached hydrogens (tertiary/aromatic N) is 1. The Hall–Kier alpha value is -3.28. The van der Waals surface area contributed by atoms with Crippen molar-refractivity contribution in [2.45, 2.75) is 6.54 Å². The van der Waals surface area contributed by atoms with Gasteiger partial charge in [-0.05, 0) is 35.4 Å². The van der Waals surface area contributed by atoms with Gasteiger partial charge in [0.1, 0.15) is 12.3 Å². The number of rotatable bonds is 4. The molecule has 6 nitrogen and oxygen atoms in total. The lowest BCUT2D eigenvalue weighted by molar-refractivity contribution is -0.137. The second-order valence-corrected chi connectivity index (χ2v) is 5.00. The van der Waals surface area contributed by atoms with E-state index in [0.717, 1.165) is 15.7 Å². The summed E-state index contributed by atoms with van der Waals surface area (Å²) in [5.41, 5.74) is 2.50. The van der Waals surface area contributed by atoms with Crippen LogP contribution in [0.1, 0.15) is 11.1 Å². The number of phenolic OH excluding ortho intramolecular Hbond substituents is 1. The largest absolute Gasteiger partial charge is 0.508 e. The Labute approximate surface area is 130 Å². The maximum atomic E-state index is 11.7. The number of aromatic nitrogens is 1. The molecule has 0 bridgehead atoms. The zero-order valence-electron chi connectivity index (χ0n) is 12.0. The predicted octanol–water partition coefficient (Wildman–Crippen LogP) is 2.56. The quantitative estimate of drug-likeness (QED) is 0.722. The van der Waals surface area contributed by atoms with Crippen molar-refractivity contribution >= 4 is 29.2 Å². The van der Waals surface area contributed by atoms with Crippen molar-refractivity contribution in [3.05, 3.63) is 64.1 Å². The molecule has 0 fully saturated rings. The number of fused-ring (bicyclic) bond motifs is 1. The van der Waals surface area contributed by atoms with Gasteiger partial charge in [0, 0.05) is 0 Å².